The van der Waals surface area contributed by atoms with Crippen molar-refractivity contribution in [3.05, 3.63) is 47.1 Å². The van der Waals surface area contributed by atoms with Crippen molar-refractivity contribution in [2.24, 2.45) is 0 Å². The highest BCUT2D eigenvalue weighted by molar-refractivity contribution is 7.98. The third-order valence-electron chi connectivity index (χ3n) is 3.86. The number of aromatic nitrogens is 2. The molecule has 1 atom stereocenters. The van der Waals surface area contributed by atoms with Crippen molar-refractivity contribution in [2.75, 3.05) is 37.1 Å². The third-order valence-corrected chi connectivity index (χ3v) is 5.13. The molecule has 1 saturated heterocycles. The Morgan fingerprint density at radius 2 is 2.00 bits per heavy atom. The van der Waals surface area contributed by atoms with Crippen LogP contribution in [0, 0.1) is 5.41 Å². The van der Waals surface area contributed by atoms with Crippen molar-refractivity contribution in [2.45, 2.75) is 18.6 Å². The van der Waals surface area contributed by atoms with Crippen LogP contribution in [0.1, 0.15) is 24.1 Å². The Kier molecular flexibility index (Phi) is 7.20. The van der Waals surface area contributed by atoms with Gasteiger partial charge in [0, 0.05) is 24.6 Å². The van der Waals surface area contributed by atoms with Crippen LogP contribution in [0.25, 0.3) is 0 Å². The normalized spacial score (nSPS) is 15.8. The third kappa shape index (κ3) is 4.55. The van der Waals surface area contributed by atoms with E-state index in [1.54, 1.807) is 4.79 Å². The summed E-state index contributed by atoms with van der Waals surface area (Å²) in [6.07, 6.45) is 0. The zero-order chi connectivity index (χ0) is 16.1. The smallest absolute Gasteiger partial charge is 0.289 e. The summed E-state index contributed by atoms with van der Waals surface area (Å²) in [4.78, 5) is 1.76. The summed E-state index contributed by atoms with van der Waals surface area (Å²) in [6, 6.07) is 10.4. The maximum Gasteiger partial charge on any atom is 0.289 e. The van der Waals surface area contributed by atoms with E-state index >= 15 is 0 Å². The lowest BCUT2D eigenvalue weighted by atomic mass is 10.1. The largest absolute Gasteiger partial charge is 0.381 e. The summed E-state index contributed by atoms with van der Waals surface area (Å²) < 4.78 is 10.5. The Hall–Kier alpha value is -1.44. The van der Waals surface area contributed by atoms with Gasteiger partial charge in [-0.1, -0.05) is 42.0 Å². The van der Waals surface area contributed by atoms with Crippen LogP contribution in [0.5, 0.6) is 0 Å². The predicted octanol–water partition coefficient (Wildman–Crippen LogP) is 1.43. The van der Waals surface area contributed by atoms with E-state index in [1.807, 2.05) is 17.8 Å². The Morgan fingerprint density at radius 1 is 1.29 bits per heavy atom. The molecule has 132 valence electrons. The van der Waals surface area contributed by atoms with Gasteiger partial charge in [0.1, 0.15) is 0 Å². The fourth-order valence-corrected chi connectivity index (χ4v) is 3.69. The second kappa shape index (κ2) is 9.15. The maximum atomic E-state index is 8.02. The summed E-state index contributed by atoms with van der Waals surface area (Å²) in [5.74, 6) is 2.10. The summed E-state index contributed by atoms with van der Waals surface area (Å²) in [5.41, 5.74) is 2.32. The second-order valence-electron chi connectivity index (χ2n) is 5.64. The zero-order valence-corrected chi connectivity index (χ0v) is 15.3. The first-order valence-corrected chi connectivity index (χ1v) is 8.99. The van der Waals surface area contributed by atoms with Gasteiger partial charge in [-0.3, -0.25) is 10.4 Å². The van der Waals surface area contributed by atoms with Gasteiger partial charge >= 0.3 is 0 Å². The van der Waals surface area contributed by atoms with E-state index in [0.29, 0.717) is 13.2 Å². The van der Waals surface area contributed by atoms with E-state index in [9.17, 15) is 0 Å². The van der Waals surface area contributed by atoms with E-state index in [0.717, 1.165) is 30.3 Å². The Morgan fingerprint density at radius 3 is 2.71 bits per heavy atom. The van der Waals surface area contributed by atoms with Crippen molar-refractivity contribution in [1.82, 2.24) is 5.27 Å². The second-order valence-corrected chi connectivity index (χ2v) is 6.67. The van der Waals surface area contributed by atoms with Crippen LogP contribution in [0.2, 0.25) is 0 Å². The molecule has 3 rings (SSSR count). The summed E-state index contributed by atoms with van der Waals surface area (Å²) in [7, 11) is 0. The molecule has 1 aliphatic heterocycles. The molecule has 0 saturated carbocycles. The Labute approximate surface area is 152 Å². The standard InChI is InChI=1S/C16H22N4O2S.ClH/c1-13(11-23-12-14-5-3-2-4-6-14)15-16(17)22-18-20(15)19-7-9-21-10-8-19;/h2-6,13,17H,7-12H2,1H3;1H. The topological polar surface area (TPSA) is 67.4 Å². The van der Waals surface area contributed by atoms with E-state index in [-0.39, 0.29) is 23.9 Å². The fourth-order valence-electron chi connectivity index (χ4n) is 2.64. The molecule has 1 aliphatic rings. The molecule has 8 heteroatoms. The van der Waals surface area contributed by atoms with Crippen LogP contribution in [0.15, 0.2) is 34.9 Å². The van der Waals surface area contributed by atoms with Crippen molar-refractivity contribution >= 4 is 24.2 Å². The maximum absolute atomic E-state index is 8.02. The van der Waals surface area contributed by atoms with Crippen molar-refractivity contribution in [1.29, 1.82) is 5.41 Å². The molecule has 1 N–H and O–H groups in total. The number of morpholine rings is 1. The molecule has 0 radical (unpaired) electrons. The number of hydrogen-bond donors (Lipinski definition) is 1. The minimum atomic E-state index is 0. The predicted molar refractivity (Wildman–Crippen MR) is 95.1 cm³/mol. The molecule has 1 fully saturated rings. The quantitative estimate of drug-likeness (QED) is 0.779. The summed E-state index contributed by atoms with van der Waals surface area (Å²) in [5, 5.41) is 14.1. The molecule has 24 heavy (non-hydrogen) atoms. The fraction of sp³-hybridized carbons (Fsp3) is 0.500. The number of ether oxygens (including phenoxy) is 1. The Balaban J connectivity index is 0.00000208. The molecule has 1 unspecified atom stereocenters. The van der Waals surface area contributed by atoms with E-state index in [4.69, 9.17) is 14.7 Å². The van der Waals surface area contributed by atoms with Crippen molar-refractivity contribution in [3.63, 3.8) is 0 Å². The molecule has 0 amide bonds. The van der Waals surface area contributed by atoms with Crippen LogP contribution in [0.4, 0.5) is 0 Å². The molecule has 0 bridgehead atoms. The molecular weight excluding hydrogens is 348 g/mol. The number of halogens is 1. The van der Waals surface area contributed by atoms with Gasteiger partial charge in [-0.25, -0.2) is 0 Å². The highest BCUT2D eigenvalue weighted by Gasteiger charge is 2.26. The monoisotopic (exact) mass is 370 g/mol. The van der Waals surface area contributed by atoms with Gasteiger partial charge in [0.2, 0.25) is 0 Å². The van der Waals surface area contributed by atoms with Gasteiger partial charge < -0.3 is 9.26 Å². The van der Waals surface area contributed by atoms with Crippen LogP contribution >= 0.6 is 24.2 Å². The van der Waals surface area contributed by atoms with E-state index < -0.39 is 0 Å². The lowest BCUT2D eigenvalue weighted by Gasteiger charge is -2.28. The van der Waals surface area contributed by atoms with Crippen LogP contribution < -0.4 is 20.6 Å². The van der Waals surface area contributed by atoms with Gasteiger partial charge in [0.05, 0.1) is 19.1 Å². The molecule has 1 aromatic carbocycles. The molecule has 2 heterocycles. The molecule has 0 aliphatic carbocycles. The first-order valence-electron chi connectivity index (χ1n) is 7.84. The minimum absolute atomic E-state index is 0. The van der Waals surface area contributed by atoms with Crippen LogP contribution in [0.3, 0.4) is 0 Å². The lowest BCUT2D eigenvalue weighted by molar-refractivity contribution is -0.771. The van der Waals surface area contributed by atoms with Crippen LogP contribution in [-0.4, -0.2) is 32.1 Å². The van der Waals surface area contributed by atoms with E-state index in [1.165, 1.54) is 5.56 Å². The Bertz CT molecular complexity index is 670. The van der Waals surface area contributed by atoms with Gasteiger partial charge in [0.15, 0.2) is 0 Å². The van der Waals surface area contributed by atoms with Crippen LogP contribution in [-0.2, 0) is 10.5 Å². The number of nitrogens with zero attached hydrogens (tertiary/aromatic N) is 3. The minimum Gasteiger partial charge on any atom is -0.381 e. The summed E-state index contributed by atoms with van der Waals surface area (Å²) >= 11 is 1.87. The highest BCUT2D eigenvalue weighted by Crippen LogP contribution is 2.19. The van der Waals surface area contributed by atoms with Crippen molar-refractivity contribution in [3.8, 4) is 0 Å². The molecule has 2 aromatic rings. The average molecular weight is 371 g/mol. The average Bonchev–Trinajstić information content (AvgIpc) is 2.98. The van der Waals surface area contributed by atoms with Gasteiger partial charge in [0.25, 0.3) is 11.2 Å². The highest BCUT2D eigenvalue weighted by atomic mass is 35.5. The first kappa shape index (κ1) is 18.9. The number of hydrogen-bond acceptors (Lipinski definition) is 5. The number of rotatable bonds is 6. The van der Waals surface area contributed by atoms with Gasteiger partial charge in [-0.2, -0.15) is 11.8 Å². The summed E-state index contributed by atoms with van der Waals surface area (Å²) in [6.45, 7) is 5.04. The number of nitrogens with one attached hydrogen (secondary N) is 1. The first-order chi connectivity index (χ1) is 11.3. The molecule has 6 nitrogen and oxygen atoms in total. The molecule has 0 spiro atoms. The molecular formula is C16H23ClN4O2S. The van der Waals surface area contributed by atoms with Gasteiger partial charge in [-0.05, 0) is 10.8 Å². The lowest BCUT2D eigenvalue weighted by Crippen LogP contribution is -2.66. The number of thioether (sulfide) groups is 1. The van der Waals surface area contributed by atoms with Crippen molar-refractivity contribution < 1.29 is 14.1 Å². The SMILES string of the molecule is CC(CSCc1ccccc1)c1c(=N)o[n-][n+]1N1CCOCC1.Cl. The van der Waals surface area contributed by atoms with Gasteiger partial charge in [-0.15, -0.1) is 12.4 Å². The number of benzene rings is 1. The van der Waals surface area contributed by atoms with E-state index in [2.05, 4.69) is 41.5 Å². The zero-order valence-electron chi connectivity index (χ0n) is 13.7. The molecule has 1 aromatic heterocycles.